The molecule has 0 heterocycles. The van der Waals surface area contributed by atoms with E-state index in [4.69, 9.17) is 0 Å². The summed E-state index contributed by atoms with van der Waals surface area (Å²) in [6.45, 7) is 0. The van der Waals surface area contributed by atoms with E-state index in [1.807, 2.05) is 0 Å². The highest BCUT2D eigenvalue weighted by Gasteiger charge is 2.43. The maximum Gasteiger partial charge on any atom is 0.391 e. The van der Waals surface area contributed by atoms with E-state index in [1.54, 1.807) is 0 Å². The Morgan fingerprint density at radius 3 is 2.45 bits per heavy atom. The molecule has 0 N–H and O–H groups in total. The molecular formula is C14H13F5O. The van der Waals surface area contributed by atoms with Crippen LogP contribution in [0.15, 0.2) is 18.2 Å². The highest BCUT2D eigenvalue weighted by atomic mass is 19.4. The molecule has 0 aromatic heterocycles. The van der Waals surface area contributed by atoms with Crippen molar-refractivity contribution in [2.24, 2.45) is 11.8 Å². The van der Waals surface area contributed by atoms with E-state index in [9.17, 15) is 26.7 Å². The Kier molecular flexibility index (Phi) is 4.11. The molecule has 2 atom stereocenters. The number of hydrogen-bond acceptors (Lipinski definition) is 1. The molecule has 1 aromatic rings. The molecule has 0 spiro atoms. The van der Waals surface area contributed by atoms with E-state index >= 15 is 0 Å². The molecule has 6 heteroatoms. The van der Waals surface area contributed by atoms with Crippen molar-refractivity contribution in [2.75, 3.05) is 0 Å². The van der Waals surface area contributed by atoms with Gasteiger partial charge in [0.05, 0.1) is 11.5 Å². The highest BCUT2D eigenvalue weighted by Crippen LogP contribution is 2.41. The Bertz CT molecular complexity index is 509. The number of Topliss-reactive ketones (excluding diaryl/α,β-unsaturated/α-hetero) is 1. The number of benzene rings is 1. The lowest BCUT2D eigenvalue weighted by atomic mass is 9.77. The van der Waals surface area contributed by atoms with E-state index in [0.717, 1.165) is 12.1 Å². The number of carbonyl (C=O) groups excluding carboxylic acids is 1. The van der Waals surface area contributed by atoms with Crippen LogP contribution >= 0.6 is 0 Å². The molecule has 20 heavy (non-hydrogen) atoms. The quantitative estimate of drug-likeness (QED) is 0.578. The average molecular weight is 292 g/mol. The molecular weight excluding hydrogens is 279 g/mol. The third kappa shape index (κ3) is 3.16. The molecule has 0 amide bonds. The molecule has 1 aromatic carbocycles. The molecule has 2 unspecified atom stereocenters. The molecule has 2 rings (SSSR count). The summed E-state index contributed by atoms with van der Waals surface area (Å²) in [5.41, 5.74) is -0.334. The monoisotopic (exact) mass is 292 g/mol. The van der Waals surface area contributed by atoms with Crippen molar-refractivity contribution >= 4 is 5.78 Å². The SMILES string of the molecule is O=C(c1ccc(F)cc1F)C1CCCC(C(F)(F)F)C1. The van der Waals surface area contributed by atoms with Crippen LogP contribution in [-0.2, 0) is 0 Å². The Labute approximate surface area is 112 Å². The van der Waals surface area contributed by atoms with Crippen molar-refractivity contribution in [3.8, 4) is 0 Å². The minimum atomic E-state index is -4.33. The summed E-state index contributed by atoms with van der Waals surface area (Å²) in [7, 11) is 0. The van der Waals surface area contributed by atoms with Crippen LogP contribution in [0.4, 0.5) is 22.0 Å². The second kappa shape index (κ2) is 5.50. The number of alkyl halides is 3. The van der Waals surface area contributed by atoms with Crippen LogP contribution in [0.25, 0.3) is 0 Å². The predicted octanol–water partition coefficient (Wildman–Crippen LogP) is 4.52. The summed E-state index contributed by atoms with van der Waals surface area (Å²) in [5, 5.41) is 0. The number of ketones is 1. The molecule has 0 saturated heterocycles. The van der Waals surface area contributed by atoms with Crippen LogP contribution in [0, 0.1) is 23.5 Å². The first-order chi connectivity index (χ1) is 9.29. The van der Waals surface area contributed by atoms with Crippen molar-refractivity contribution < 1.29 is 26.7 Å². The van der Waals surface area contributed by atoms with Crippen LogP contribution in [0.2, 0.25) is 0 Å². The minimum absolute atomic E-state index is 0.000814. The number of halogens is 5. The summed E-state index contributed by atoms with van der Waals surface area (Å²) in [4.78, 5) is 12.1. The second-order valence-corrected chi connectivity index (χ2v) is 5.09. The lowest BCUT2D eigenvalue weighted by Crippen LogP contribution is -2.32. The topological polar surface area (TPSA) is 17.1 Å². The molecule has 110 valence electrons. The van der Waals surface area contributed by atoms with Gasteiger partial charge in [0.1, 0.15) is 11.6 Å². The van der Waals surface area contributed by atoms with Gasteiger partial charge in [-0.05, 0) is 31.4 Å². The zero-order valence-corrected chi connectivity index (χ0v) is 10.5. The Morgan fingerprint density at radius 2 is 1.85 bits per heavy atom. The number of carbonyl (C=O) groups is 1. The van der Waals surface area contributed by atoms with Crippen LogP contribution in [0.3, 0.4) is 0 Å². The highest BCUT2D eigenvalue weighted by molar-refractivity contribution is 5.98. The Balaban J connectivity index is 2.16. The maximum absolute atomic E-state index is 13.5. The first-order valence-corrected chi connectivity index (χ1v) is 6.35. The van der Waals surface area contributed by atoms with Crippen molar-refractivity contribution in [1.82, 2.24) is 0 Å². The normalized spacial score (nSPS) is 23.6. The van der Waals surface area contributed by atoms with Gasteiger partial charge >= 0.3 is 6.18 Å². The van der Waals surface area contributed by atoms with Gasteiger partial charge in [0.15, 0.2) is 5.78 Å². The van der Waals surface area contributed by atoms with Gasteiger partial charge in [0.2, 0.25) is 0 Å². The zero-order chi connectivity index (χ0) is 14.9. The average Bonchev–Trinajstić information content (AvgIpc) is 2.37. The summed E-state index contributed by atoms with van der Waals surface area (Å²) in [6.07, 6.45) is -4.07. The fraction of sp³-hybridized carbons (Fsp3) is 0.500. The van der Waals surface area contributed by atoms with Crippen molar-refractivity contribution in [3.05, 3.63) is 35.4 Å². The summed E-state index contributed by atoms with van der Waals surface area (Å²) >= 11 is 0. The molecule has 1 aliphatic carbocycles. The van der Waals surface area contributed by atoms with E-state index in [0.29, 0.717) is 12.5 Å². The van der Waals surface area contributed by atoms with Gasteiger partial charge in [0, 0.05) is 12.0 Å². The molecule has 1 nitrogen and oxygen atoms in total. The van der Waals surface area contributed by atoms with Crippen LogP contribution in [-0.4, -0.2) is 12.0 Å². The number of rotatable bonds is 2. The van der Waals surface area contributed by atoms with Gasteiger partial charge in [-0.25, -0.2) is 8.78 Å². The van der Waals surface area contributed by atoms with Gasteiger partial charge in [-0.15, -0.1) is 0 Å². The number of hydrogen-bond donors (Lipinski definition) is 0. The molecule has 1 saturated carbocycles. The maximum atomic E-state index is 13.5. The fourth-order valence-corrected chi connectivity index (χ4v) is 2.63. The lowest BCUT2D eigenvalue weighted by molar-refractivity contribution is -0.184. The van der Waals surface area contributed by atoms with Gasteiger partial charge in [-0.2, -0.15) is 13.2 Å². The van der Waals surface area contributed by atoms with Crippen LogP contribution < -0.4 is 0 Å². The smallest absolute Gasteiger partial charge is 0.294 e. The van der Waals surface area contributed by atoms with Crippen molar-refractivity contribution in [2.45, 2.75) is 31.9 Å². The first-order valence-electron chi connectivity index (χ1n) is 6.35. The van der Waals surface area contributed by atoms with E-state index in [2.05, 4.69) is 0 Å². The Morgan fingerprint density at radius 1 is 1.15 bits per heavy atom. The minimum Gasteiger partial charge on any atom is -0.294 e. The lowest BCUT2D eigenvalue weighted by Gasteiger charge is -2.29. The van der Waals surface area contributed by atoms with Gasteiger partial charge < -0.3 is 0 Å². The zero-order valence-electron chi connectivity index (χ0n) is 10.5. The predicted molar refractivity (Wildman–Crippen MR) is 62.2 cm³/mol. The standard InChI is InChI=1S/C14H13F5O/c15-10-4-5-11(12(16)7-10)13(20)8-2-1-3-9(6-8)14(17,18)19/h4-5,7-9H,1-3,6H2. The van der Waals surface area contributed by atoms with Gasteiger partial charge in [0.25, 0.3) is 0 Å². The van der Waals surface area contributed by atoms with Crippen LogP contribution in [0.1, 0.15) is 36.0 Å². The molecule has 0 bridgehead atoms. The molecule has 1 aliphatic rings. The first kappa shape index (κ1) is 14.9. The molecule has 0 radical (unpaired) electrons. The summed E-state index contributed by atoms with van der Waals surface area (Å²) in [6, 6.07) is 2.49. The molecule has 1 fully saturated rings. The summed E-state index contributed by atoms with van der Waals surface area (Å²) in [5.74, 6) is -4.89. The Hall–Kier alpha value is -1.46. The van der Waals surface area contributed by atoms with E-state index < -0.39 is 35.4 Å². The second-order valence-electron chi connectivity index (χ2n) is 5.09. The third-order valence-electron chi connectivity index (χ3n) is 3.70. The van der Waals surface area contributed by atoms with Crippen molar-refractivity contribution in [3.63, 3.8) is 0 Å². The summed E-state index contributed by atoms with van der Waals surface area (Å²) < 4.78 is 64.3. The van der Waals surface area contributed by atoms with Crippen LogP contribution in [0.5, 0.6) is 0 Å². The van der Waals surface area contributed by atoms with Gasteiger partial charge in [-0.1, -0.05) is 6.42 Å². The van der Waals surface area contributed by atoms with Gasteiger partial charge in [-0.3, -0.25) is 4.79 Å². The third-order valence-corrected chi connectivity index (χ3v) is 3.70. The van der Waals surface area contributed by atoms with E-state index in [1.165, 1.54) is 0 Å². The van der Waals surface area contributed by atoms with E-state index in [-0.39, 0.29) is 24.8 Å². The van der Waals surface area contributed by atoms with Crippen molar-refractivity contribution in [1.29, 1.82) is 0 Å². The largest absolute Gasteiger partial charge is 0.391 e. The molecule has 0 aliphatic heterocycles. The fourth-order valence-electron chi connectivity index (χ4n) is 2.63.